The molecule has 0 saturated carbocycles. The van der Waals surface area contributed by atoms with Gasteiger partial charge in [0, 0.05) is 14.4 Å². The molecule has 0 radical (unpaired) electrons. The third kappa shape index (κ3) is 6.14. The molecule has 0 spiro atoms. The number of unbranched alkanes of at least 4 members (excludes halogenated alkanes) is 6. The first-order chi connectivity index (χ1) is 16.0. The van der Waals surface area contributed by atoms with Gasteiger partial charge in [0.1, 0.15) is 0 Å². The van der Waals surface area contributed by atoms with Gasteiger partial charge >= 0.3 is 0 Å². The lowest BCUT2D eigenvalue weighted by molar-refractivity contribution is 0.0812. The van der Waals surface area contributed by atoms with Crippen molar-refractivity contribution in [2.75, 3.05) is 0 Å². The first kappa shape index (κ1) is 27.0. The molecule has 0 heterocycles. The van der Waals surface area contributed by atoms with E-state index in [-0.39, 0.29) is 5.41 Å². The fraction of sp³-hybridized carbons (Fsp3) is 0.600. The topological polar surface area (TPSA) is 20.2 Å². The Bertz CT molecular complexity index is 827. The second kappa shape index (κ2) is 12.9. The van der Waals surface area contributed by atoms with Gasteiger partial charge < -0.3 is 5.11 Å². The lowest BCUT2D eigenvalue weighted by atomic mass is 9.66. The number of benzene rings is 2. The van der Waals surface area contributed by atoms with Crippen LogP contribution in [-0.4, -0.2) is 11.2 Å². The second-order valence-corrected chi connectivity index (χ2v) is 11.9. The van der Waals surface area contributed by atoms with Crippen LogP contribution in [0.2, 0.25) is 0 Å². The van der Waals surface area contributed by atoms with Crippen LogP contribution in [0, 0.1) is 5.92 Å². The van der Waals surface area contributed by atoms with E-state index in [1.165, 1.54) is 86.5 Å². The van der Waals surface area contributed by atoms with Gasteiger partial charge in [0.15, 0.2) is 0 Å². The highest BCUT2D eigenvalue weighted by Gasteiger charge is 2.48. The van der Waals surface area contributed by atoms with Gasteiger partial charge in [-0.2, -0.15) is 0 Å². The Morgan fingerprint density at radius 2 is 1.21 bits per heavy atom. The van der Waals surface area contributed by atoms with Gasteiger partial charge in [-0.15, -0.1) is 0 Å². The quantitative estimate of drug-likeness (QED) is 0.221. The molecule has 1 atom stereocenters. The van der Waals surface area contributed by atoms with E-state index in [9.17, 15) is 5.11 Å². The van der Waals surface area contributed by atoms with Gasteiger partial charge in [0.25, 0.3) is 0 Å². The highest BCUT2D eigenvalue weighted by molar-refractivity contribution is 9.10. The monoisotopic (exact) mass is 576 g/mol. The number of rotatable bonds is 14. The Labute approximate surface area is 219 Å². The molecule has 1 N–H and O–H groups in total. The Kier molecular flexibility index (Phi) is 10.5. The first-order valence-corrected chi connectivity index (χ1v) is 14.8. The van der Waals surface area contributed by atoms with Crippen LogP contribution in [0.25, 0.3) is 11.1 Å². The summed E-state index contributed by atoms with van der Waals surface area (Å²) in [6, 6.07) is 13.3. The normalized spacial score (nSPS) is 15.0. The van der Waals surface area contributed by atoms with E-state index in [2.05, 4.69) is 89.0 Å². The first-order valence-electron chi connectivity index (χ1n) is 13.3. The predicted molar refractivity (Wildman–Crippen MR) is 150 cm³/mol. The molecule has 3 rings (SSSR count). The Morgan fingerprint density at radius 3 is 1.64 bits per heavy atom. The molecule has 1 aliphatic carbocycles. The average Bonchev–Trinajstić information content (AvgIpc) is 3.07. The van der Waals surface area contributed by atoms with Gasteiger partial charge in [-0.1, -0.05) is 129 Å². The summed E-state index contributed by atoms with van der Waals surface area (Å²) in [5.41, 5.74) is 4.87. The fourth-order valence-electron chi connectivity index (χ4n) is 5.97. The minimum Gasteiger partial charge on any atom is -0.392 e. The molecular formula is C30H42Br2O. The van der Waals surface area contributed by atoms with Crippen molar-refractivity contribution in [1.29, 1.82) is 0 Å². The molecular weight excluding hydrogens is 536 g/mol. The summed E-state index contributed by atoms with van der Waals surface area (Å²) >= 11 is 7.48. The molecule has 1 aliphatic rings. The van der Waals surface area contributed by atoms with Crippen LogP contribution >= 0.6 is 31.9 Å². The van der Waals surface area contributed by atoms with Crippen LogP contribution < -0.4 is 0 Å². The third-order valence-corrected chi connectivity index (χ3v) is 8.70. The smallest absolute Gasteiger partial charge is 0.0675 e. The predicted octanol–water partition coefficient (Wildman–Crippen LogP) is 10.2. The van der Waals surface area contributed by atoms with Gasteiger partial charge in [0.05, 0.1) is 6.10 Å². The Morgan fingerprint density at radius 1 is 0.727 bits per heavy atom. The van der Waals surface area contributed by atoms with Crippen LogP contribution in [-0.2, 0) is 5.41 Å². The van der Waals surface area contributed by atoms with E-state index in [0.29, 0.717) is 5.92 Å². The zero-order valence-electron chi connectivity index (χ0n) is 20.8. The maximum absolute atomic E-state index is 11.7. The zero-order valence-corrected chi connectivity index (χ0v) is 24.0. The number of hydrogen-bond acceptors (Lipinski definition) is 1. The maximum Gasteiger partial charge on any atom is 0.0675 e. The summed E-state index contributed by atoms with van der Waals surface area (Å²) in [5, 5.41) is 11.7. The molecule has 182 valence electrons. The molecule has 2 aromatic carbocycles. The van der Waals surface area contributed by atoms with Crippen LogP contribution in [0.1, 0.15) is 109 Å². The molecule has 0 fully saturated rings. The van der Waals surface area contributed by atoms with Crippen molar-refractivity contribution in [3.63, 3.8) is 0 Å². The molecule has 0 amide bonds. The average molecular weight is 578 g/mol. The van der Waals surface area contributed by atoms with Crippen molar-refractivity contribution in [2.45, 2.75) is 109 Å². The lowest BCUT2D eigenvalue weighted by Crippen LogP contribution is -2.40. The number of aliphatic hydroxyl groups excluding tert-OH is 1. The second-order valence-electron chi connectivity index (χ2n) is 10.0. The standard InChI is InChI=1S/C30H42Br2O/c1-4-7-9-11-13-22(14-12-10-8-5-2)21-30(29(33)6-3)27-19-23(31)15-17-25(27)26-18-16-24(32)20-28(26)30/h15-20,22,29,33H,4-14,21H2,1-3H3. The van der Waals surface area contributed by atoms with Gasteiger partial charge in [-0.05, 0) is 65.3 Å². The molecule has 1 unspecified atom stereocenters. The van der Waals surface area contributed by atoms with Crippen molar-refractivity contribution < 1.29 is 5.11 Å². The van der Waals surface area contributed by atoms with Crippen molar-refractivity contribution in [3.05, 3.63) is 56.5 Å². The molecule has 0 aliphatic heterocycles. The summed E-state index contributed by atoms with van der Waals surface area (Å²) in [5.74, 6) is 0.636. The van der Waals surface area contributed by atoms with Gasteiger partial charge in [-0.3, -0.25) is 0 Å². The van der Waals surface area contributed by atoms with Crippen LogP contribution in [0.5, 0.6) is 0 Å². The summed E-state index contributed by atoms with van der Waals surface area (Å²) in [6.45, 7) is 6.71. The number of aliphatic hydroxyl groups is 1. The van der Waals surface area contributed by atoms with Crippen molar-refractivity contribution >= 4 is 31.9 Å². The van der Waals surface area contributed by atoms with E-state index in [4.69, 9.17) is 0 Å². The summed E-state index contributed by atoms with van der Waals surface area (Å²) < 4.78 is 2.20. The molecule has 0 saturated heterocycles. The summed E-state index contributed by atoms with van der Waals surface area (Å²) in [7, 11) is 0. The van der Waals surface area contributed by atoms with Gasteiger partial charge in [-0.25, -0.2) is 0 Å². The number of hydrogen-bond donors (Lipinski definition) is 1. The summed E-state index contributed by atoms with van der Waals surface area (Å²) in [6.07, 6.45) is 14.4. The van der Waals surface area contributed by atoms with E-state index < -0.39 is 6.10 Å². The van der Waals surface area contributed by atoms with Crippen molar-refractivity contribution in [3.8, 4) is 11.1 Å². The fourth-order valence-corrected chi connectivity index (χ4v) is 6.69. The van der Waals surface area contributed by atoms with E-state index in [0.717, 1.165) is 21.8 Å². The Balaban J connectivity index is 2.02. The van der Waals surface area contributed by atoms with Crippen LogP contribution in [0.4, 0.5) is 0 Å². The van der Waals surface area contributed by atoms with Crippen LogP contribution in [0.15, 0.2) is 45.3 Å². The SMILES string of the molecule is CCCCCCC(CCCCCC)CC1(C(O)CC)c2cc(Br)ccc2-c2ccc(Br)cc21. The molecule has 3 heteroatoms. The minimum atomic E-state index is -0.394. The van der Waals surface area contributed by atoms with E-state index >= 15 is 0 Å². The van der Waals surface area contributed by atoms with Crippen LogP contribution in [0.3, 0.4) is 0 Å². The molecule has 0 bridgehead atoms. The van der Waals surface area contributed by atoms with E-state index in [1.807, 2.05) is 0 Å². The molecule has 0 aromatic heterocycles. The summed E-state index contributed by atoms with van der Waals surface area (Å²) in [4.78, 5) is 0. The molecule has 1 nitrogen and oxygen atoms in total. The zero-order chi connectivity index (χ0) is 23.8. The number of fused-ring (bicyclic) bond motifs is 3. The molecule has 2 aromatic rings. The van der Waals surface area contributed by atoms with E-state index in [1.54, 1.807) is 0 Å². The highest BCUT2D eigenvalue weighted by atomic mass is 79.9. The van der Waals surface area contributed by atoms with Gasteiger partial charge in [0.2, 0.25) is 0 Å². The Hall–Kier alpha value is -0.640. The third-order valence-electron chi connectivity index (χ3n) is 7.71. The van der Waals surface area contributed by atoms with Crippen molar-refractivity contribution in [1.82, 2.24) is 0 Å². The maximum atomic E-state index is 11.7. The van der Waals surface area contributed by atoms with Crippen molar-refractivity contribution in [2.24, 2.45) is 5.92 Å². The largest absolute Gasteiger partial charge is 0.392 e. The molecule has 33 heavy (non-hydrogen) atoms. The number of halogens is 2. The minimum absolute atomic E-state index is 0.340. The lowest BCUT2D eigenvalue weighted by Gasteiger charge is -2.40. The highest BCUT2D eigenvalue weighted by Crippen LogP contribution is 2.56.